The molecule has 184 valence electrons. The number of ether oxygens (including phenoxy) is 2. The van der Waals surface area contributed by atoms with Gasteiger partial charge in [0.1, 0.15) is 46.9 Å². The summed E-state index contributed by atoms with van der Waals surface area (Å²) in [5.41, 5.74) is -1.19. The average Bonchev–Trinajstić information content (AvgIpc) is 2.76. The van der Waals surface area contributed by atoms with Crippen LogP contribution in [0.4, 0.5) is 0 Å². The van der Waals surface area contributed by atoms with Gasteiger partial charge in [-0.15, -0.1) is 0 Å². The normalized spacial score (nSPS) is 24.5. The highest BCUT2D eigenvalue weighted by atomic mass is 16.7. The van der Waals surface area contributed by atoms with Gasteiger partial charge in [0, 0.05) is 17.7 Å². The topological polar surface area (TPSA) is 242 Å². The van der Waals surface area contributed by atoms with Crippen molar-refractivity contribution in [2.75, 3.05) is 6.61 Å². The molecule has 34 heavy (non-hydrogen) atoms. The van der Waals surface area contributed by atoms with Crippen molar-refractivity contribution < 1.29 is 60.2 Å². The van der Waals surface area contributed by atoms with E-state index in [1.54, 1.807) is 0 Å². The van der Waals surface area contributed by atoms with Crippen molar-refractivity contribution in [3.63, 3.8) is 0 Å². The van der Waals surface area contributed by atoms with Crippen LogP contribution < -0.4 is 10.2 Å². The molecule has 1 fully saturated rings. The zero-order chi connectivity index (χ0) is 24.0. The van der Waals surface area contributed by atoms with Crippen LogP contribution in [0.1, 0.15) is 0 Å². The van der Waals surface area contributed by atoms with Crippen LogP contribution in [0.3, 0.4) is 0 Å². The third kappa shape index (κ3) is 4.19. The predicted octanol–water partition coefficient (Wildman–Crippen LogP) is -1.36. The lowest BCUT2D eigenvalue weighted by molar-refractivity contribution is -0.277. The summed E-state index contributed by atoms with van der Waals surface area (Å²) in [5, 5.41) is 78.7. The quantitative estimate of drug-likeness (QED) is 0.201. The number of hydrogen-bond acceptors (Lipinski definition) is 12. The van der Waals surface area contributed by atoms with E-state index in [0.717, 1.165) is 24.3 Å². The van der Waals surface area contributed by atoms with Crippen molar-refractivity contribution in [2.24, 2.45) is 0 Å². The van der Waals surface area contributed by atoms with Crippen LogP contribution in [-0.4, -0.2) is 83.6 Å². The van der Waals surface area contributed by atoms with Crippen LogP contribution in [0, 0.1) is 0 Å². The molecule has 0 aliphatic carbocycles. The van der Waals surface area contributed by atoms with Crippen molar-refractivity contribution in [3.05, 3.63) is 40.6 Å². The Morgan fingerprint density at radius 1 is 0.882 bits per heavy atom. The van der Waals surface area contributed by atoms with E-state index in [9.17, 15) is 45.6 Å². The Bertz CT molecular complexity index is 1250. The molecule has 5 atom stereocenters. The zero-order valence-corrected chi connectivity index (χ0v) is 17.2. The minimum atomic E-state index is -1.85. The van der Waals surface area contributed by atoms with Crippen molar-refractivity contribution in [1.82, 2.24) is 0 Å². The maximum absolute atomic E-state index is 13.2. The third-order valence-electron chi connectivity index (χ3n) is 5.24. The van der Waals surface area contributed by atoms with E-state index in [1.165, 1.54) is 6.07 Å². The highest BCUT2D eigenvalue weighted by Crippen LogP contribution is 2.39. The van der Waals surface area contributed by atoms with Crippen molar-refractivity contribution in [2.45, 2.75) is 30.7 Å². The summed E-state index contributed by atoms with van der Waals surface area (Å²) in [4.78, 5) is 13.2. The van der Waals surface area contributed by atoms with Gasteiger partial charge in [0.2, 0.25) is 17.5 Å². The molecule has 13 nitrogen and oxygen atoms in total. The van der Waals surface area contributed by atoms with Gasteiger partial charge in [0.15, 0.2) is 17.3 Å². The fourth-order valence-electron chi connectivity index (χ4n) is 3.51. The summed E-state index contributed by atoms with van der Waals surface area (Å²) in [6.07, 6.45) is -8.40. The predicted molar refractivity (Wildman–Crippen MR) is 113 cm³/mol. The molecule has 1 aromatic heterocycles. The summed E-state index contributed by atoms with van der Waals surface area (Å²) in [6, 6.07) is 5.36. The van der Waals surface area contributed by atoms with Gasteiger partial charge in [0.25, 0.3) is 0 Å². The Labute approximate surface area is 189 Å². The second-order valence-electron chi connectivity index (χ2n) is 7.45. The van der Waals surface area contributed by atoms with Crippen LogP contribution in [-0.2, 0) is 4.74 Å². The van der Waals surface area contributed by atoms with Crippen LogP contribution in [0.25, 0.3) is 22.3 Å². The molecule has 10 N–H and O–H groups in total. The summed E-state index contributed by atoms with van der Waals surface area (Å²) in [5.74, 6) is -3.05. The summed E-state index contributed by atoms with van der Waals surface area (Å²) >= 11 is 0. The largest absolute Gasteiger partial charge is 0.508 e. The maximum Gasteiger partial charge on any atom is 0.239 e. The number of phenols is 4. The second-order valence-corrected chi connectivity index (χ2v) is 7.45. The van der Waals surface area contributed by atoms with E-state index < -0.39 is 71.5 Å². The highest BCUT2D eigenvalue weighted by molar-refractivity contribution is 5.88. The number of aliphatic hydroxyl groups excluding tert-OH is 4. The Morgan fingerprint density at radius 2 is 1.59 bits per heavy atom. The standard InChI is InChI=1S/C21H20O12.H2O/c22-6-13-15(27)17(29)18(30)21(32-13)33-20-16(28)14-11(26)4-8(23)5-12(14)31-19(20)7-1-2-9(24)10(25)3-7;/h1-5,13,15,17-18,21-27,29-30H,6H2;1H2/t13-,15-,17+,18-,21+;/m1./s1. The average molecular weight is 482 g/mol. The van der Waals surface area contributed by atoms with Gasteiger partial charge in [-0.1, -0.05) is 0 Å². The van der Waals surface area contributed by atoms with Gasteiger partial charge in [-0.3, -0.25) is 4.79 Å². The summed E-state index contributed by atoms with van der Waals surface area (Å²) in [7, 11) is 0. The molecule has 1 saturated heterocycles. The SMILES string of the molecule is O.O=c1c(O[C@@H]2O[C@H](CO)[C@@H](O)[C@H](O)[C@H]2O)c(-c2ccc(O)c(O)c2)oc2cc(O)cc(O)c12. The van der Waals surface area contributed by atoms with Gasteiger partial charge in [-0.05, 0) is 18.2 Å². The molecule has 0 saturated carbocycles. The molecule has 4 rings (SSSR count). The smallest absolute Gasteiger partial charge is 0.239 e. The molecule has 1 aliphatic rings. The van der Waals surface area contributed by atoms with Gasteiger partial charge in [-0.2, -0.15) is 0 Å². The summed E-state index contributed by atoms with van der Waals surface area (Å²) in [6.45, 7) is -0.740. The number of benzene rings is 2. The third-order valence-corrected chi connectivity index (χ3v) is 5.24. The second kappa shape index (κ2) is 9.34. The monoisotopic (exact) mass is 482 g/mol. The lowest BCUT2D eigenvalue weighted by atomic mass is 9.99. The fourth-order valence-corrected chi connectivity index (χ4v) is 3.51. The Balaban J connectivity index is 0.00000324. The Morgan fingerprint density at radius 3 is 2.24 bits per heavy atom. The van der Waals surface area contributed by atoms with E-state index in [4.69, 9.17) is 13.9 Å². The first-order chi connectivity index (χ1) is 15.6. The highest BCUT2D eigenvalue weighted by Gasteiger charge is 2.45. The van der Waals surface area contributed by atoms with Crippen molar-refractivity contribution in [3.8, 4) is 40.1 Å². The summed E-state index contributed by atoms with van der Waals surface area (Å²) < 4.78 is 16.5. The van der Waals surface area contributed by atoms with E-state index in [2.05, 4.69) is 0 Å². The molecule has 0 unspecified atom stereocenters. The van der Waals surface area contributed by atoms with Crippen molar-refractivity contribution >= 4 is 11.0 Å². The first-order valence-electron chi connectivity index (χ1n) is 9.64. The number of aliphatic hydroxyl groups is 4. The van der Waals surface area contributed by atoms with E-state index >= 15 is 0 Å². The van der Waals surface area contributed by atoms with E-state index in [1.807, 2.05) is 0 Å². The Hall–Kier alpha value is -3.59. The molecule has 0 radical (unpaired) electrons. The fraction of sp³-hybridized carbons (Fsp3) is 0.286. The molecule has 13 heteroatoms. The lowest BCUT2D eigenvalue weighted by Gasteiger charge is -2.39. The van der Waals surface area contributed by atoms with Gasteiger partial charge in [0.05, 0.1) is 6.61 Å². The molecule has 2 heterocycles. The molecule has 2 aromatic carbocycles. The molecule has 3 aromatic rings. The number of fused-ring (bicyclic) bond motifs is 1. The van der Waals surface area contributed by atoms with Crippen molar-refractivity contribution in [1.29, 1.82) is 0 Å². The van der Waals surface area contributed by atoms with E-state index in [-0.39, 0.29) is 27.8 Å². The van der Waals surface area contributed by atoms with Crippen LogP contribution in [0.5, 0.6) is 28.7 Å². The first-order valence-corrected chi connectivity index (χ1v) is 9.64. The lowest BCUT2D eigenvalue weighted by Crippen LogP contribution is -2.60. The van der Waals surface area contributed by atoms with Gasteiger partial charge >= 0.3 is 0 Å². The molecule has 1 aliphatic heterocycles. The molecular weight excluding hydrogens is 460 g/mol. The number of hydrogen-bond donors (Lipinski definition) is 8. The van der Waals surface area contributed by atoms with Crippen LogP contribution >= 0.6 is 0 Å². The zero-order valence-electron chi connectivity index (χ0n) is 17.2. The van der Waals surface area contributed by atoms with Gasteiger partial charge in [-0.25, -0.2) is 0 Å². The molecule has 0 amide bonds. The molecule has 0 bridgehead atoms. The first kappa shape index (κ1) is 25.0. The van der Waals surface area contributed by atoms with E-state index in [0.29, 0.717) is 0 Å². The number of aromatic hydroxyl groups is 4. The van der Waals surface area contributed by atoms with Gasteiger partial charge < -0.3 is 60.2 Å². The molecule has 0 spiro atoms. The van der Waals surface area contributed by atoms with Crippen LogP contribution in [0.2, 0.25) is 0 Å². The minimum Gasteiger partial charge on any atom is -0.508 e. The van der Waals surface area contributed by atoms with Crippen LogP contribution in [0.15, 0.2) is 39.5 Å². The maximum atomic E-state index is 13.2. The molecular formula is C21H22O13. The number of rotatable bonds is 4. The Kier molecular flexibility index (Phi) is 6.88. The minimum absolute atomic E-state index is 0. The number of phenolic OH excluding ortho intramolecular Hbond substituents is 4.